The highest BCUT2D eigenvalue weighted by molar-refractivity contribution is 6.20. The molecule has 0 radical (unpaired) electrons. The molecule has 1 spiro atoms. The Hall–Kier alpha value is -4.18. The zero-order valence-corrected chi connectivity index (χ0v) is 17.4. The lowest BCUT2D eigenvalue weighted by Crippen LogP contribution is -2.52. The fraction of sp³-hybridized carbons (Fsp3) is 0.200. The number of rotatable bonds is 3. The standard InChI is InChI=1S/C25H21N5O2/c1-2-13-29-19-9-4-3-8-17(19)25(24(29)32)18(14-26)23(27)30(16-7-6-12-28-15-16)20-10-5-11-21(31)22(20)25/h2-4,6-9,12,15H,1,5,10-11,13,27H2. The third-order valence-electron chi connectivity index (χ3n) is 6.39. The first-order valence-electron chi connectivity index (χ1n) is 10.5. The van der Waals surface area contributed by atoms with Crippen molar-refractivity contribution < 1.29 is 9.59 Å². The van der Waals surface area contributed by atoms with E-state index in [4.69, 9.17) is 5.73 Å². The summed E-state index contributed by atoms with van der Waals surface area (Å²) in [6.07, 6.45) is 6.44. The molecule has 1 unspecified atom stereocenters. The number of ketones is 1. The SMILES string of the molecule is C=CCN1C(=O)C2(C(C#N)=C(N)N(c3cccnc3)C3=C2C(=O)CCC3)c2ccccc21. The van der Waals surface area contributed by atoms with Crippen LogP contribution in [0.4, 0.5) is 11.4 Å². The topological polar surface area (TPSA) is 103 Å². The first kappa shape index (κ1) is 19.8. The van der Waals surface area contributed by atoms with Crippen molar-refractivity contribution in [2.24, 2.45) is 5.73 Å². The number of benzene rings is 1. The molecule has 5 rings (SSSR count). The quantitative estimate of drug-likeness (QED) is 0.761. The highest BCUT2D eigenvalue weighted by Crippen LogP contribution is 2.56. The van der Waals surface area contributed by atoms with Gasteiger partial charge in [-0.2, -0.15) is 5.26 Å². The molecule has 1 aliphatic carbocycles. The number of carbonyl (C=O) groups excluding carboxylic acids is 2. The van der Waals surface area contributed by atoms with E-state index in [1.807, 2.05) is 30.3 Å². The number of para-hydroxylation sites is 1. The molecule has 0 fully saturated rings. The number of nitriles is 1. The number of aromatic nitrogens is 1. The van der Waals surface area contributed by atoms with Crippen LogP contribution in [-0.2, 0) is 15.0 Å². The van der Waals surface area contributed by atoms with Gasteiger partial charge in [0, 0.05) is 41.7 Å². The van der Waals surface area contributed by atoms with Crippen LogP contribution < -0.4 is 15.5 Å². The van der Waals surface area contributed by atoms with Crippen LogP contribution in [0, 0.1) is 11.3 Å². The lowest BCUT2D eigenvalue weighted by Gasteiger charge is -2.43. The van der Waals surface area contributed by atoms with E-state index in [2.05, 4.69) is 17.6 Å². The Kier molecular flexibility index (Phi) is 4.45. The number of amides is 1. The van der Waals surface area contributed by atoms with Gasteiger partial charge in [0.2, 0.25) is 5.91 Å². The maximum Gasteiger partial charge on any atom is 0.248 e. The Morgan fingerprint density at radius 3 is 2.75 bits per heavy atom. The summed E-state index contributed by atoms with van der Waals surface area (Å²) >= 11 is 0. The molecule has 2 aliphatic heterocycles. The molecule has 32 heavy (non-hydrogen) atoms. The number of Topliss-reactive ketones (excluding diaryl/α,β-unsaturated/α-hetero) is 1. The van der Waals surface area contributed by atoms with E-state index in [9.17, 15) is 14.9 Å². The number of pyridine rings is 1. The molecule has 1 atom stereocenters. The van der Waals surface area contributed by atoms with E-state index in [0.29, 0.717) is 47.5 Å². The van der Waals surface area contributed by atoms with Gasteiger partial charge in [-0.05, 0) is 31.0 Å². The fourth-order valence-corrected chi connectivity index (χ4v) is 5.22. The number of anilines is 2. The lowest BCUT2D eigenvalue weighted by atomic mass is 9.64. The number of carbonyl (C=O) groups is 2. The summed E-state index contributed by atoms with van der Waals surface area (Å²) in [7, 11) is 0. The summed E-state index contributed by atoms with van der Waals surface area (Å²) in [5, 5.41) is 10.3. The zero-order chi connectivity index (χ0) is 22.5. The molecular formula is C25H21N5O2. The second-order valence-electron chi connectivity index (χ2n) is 7.99. The second kappa shape index (κ2) is 7.20. The van der Waals surface area contributed by atoms with Crippen molar-refractivity contribution in [2.75, 3.05) is 16.3 Å². The number of fused-ring (bicyclic) bond motifs is 3. The van der Waals surface area contributed by atoms with Gasteiger partial charge < -0.3 is 10.6 Å². The van der Waals surface area contributed by atoms with Crippen molar-refractivity contribution >= 4 is 23.1 Å². The number of hydrogen-bond acceptors (Lipinski definition) is 6. The lowest BCUT2D eigenvalue weighted by molar-refractivity contribution is -0.124. The maximum absolute atomic E-state index is 14.1. The monoisotopic (exact) mass is 423 g/mol. The van der Waals surface area contributed by atoms with Crippen LogP contribution in [0.25, 0.3) is 0 Å². The molecule has 0 saturated carbocycles. The predicted octanol–water partition coefficient (Wildman–Crippen LogP) is 3.07. The summed E-state index contributed by atoms with van der Waals surface area (Å²) < 4.78 is 0. The zero-order valence-electron chi connectivity index (χ0n) is 17.4. The molecule has 3 heterocycles. The van der Waals surface area contributed by atoms with Gasteiger partial charge in [0.1, 0.15) is 17.3 Å². The third kappa shape index (κ3) is 2.38. The van der Waals surface area contributed by atoms with Gasteiger partial charge in [0.05, 0.1) is 17.5 Å². The van der Waals surface area contributed by atoms with Crippen LogP contribution in [0.1, 0.15) is 24.8 Å². The van der Waals surface area contributed by atoms with E-state index in [1.54, 1.807) is 34.3 Å². The van der Waals surface area contributed by atoms with Gasteiger partial charge in [-0.1, -0.05) is 24.3 Å². The second-order valence-corrected chi connectivity index (χ2v) is 7.99. The highest BCUT2D eigenvalue weighted by Gasteiger charge is 2.62. The molecule has 1 aromatic carbocycles. The minimum Gasteiger partial charge on any atom is -0.384 e. The molecule has 2 N–H and O–H groups in total. The van der Waals surface area contributed by atoms with Crippen LogP contribution >= 0.6 is 0 Å². The van der Waals surface area contributed by atoms with Crippen molar-refractivity contribution in [3.63, 3.8) is 0 Å². The van der Waals surface area contributed by atoms with E-state index in [-0.39, 0.29) is 29.6 Å². The maximum atomic E-state index is 14.1. The van der Waals surface area contributed by atoms with Crippen molar-refractivity contribution in [1.82, 2.24) is 4.98 Å². The van der Waals surface area contributed by atoms with E-state index in [1.165, 1.54) is 0 Å². The Bertz CT molecular complexity index is 1270. The van der Waals surface area contributed by atoms with Gasteiger partial charge >= 0.3 is 0 Å². The Balaban J connectivity index is 1.89. The van der Waals surface area contributed by atoms with Crippen LogP contribution in [0.2, 0.25) is 0 Å². The summed E-state index contributed by atoms with van der Waals surface area (Å²) in [6.45, 7) is 4.04. The minimum atomic E-state index is -1.55. The number of nitrogens with zero attached hydrogens (tertiary/aromatic N) is 4. The number of hydrogen-bond donors (Lipinski definition) is 1. The average Bonchev–Trinajstić information content (AvgIpc) is 3.04. The first-order valence-corrected chi connectivity index (χ1v) is 10.5. The van der Waals surface area contributed by atoms with Gasteiger partial charge in [-0.15, -0.1) is 6.58 Å². The Morgan fingerprint density at radius 2 is 2.03 bits per heavy atom. The van der Waals surface area contributed by atoms with Crippen molar-refractivity contribution in [3.05, 3.63) is 89.7 Å². The first-order chi connectivity index (χ1) is 15.6. The van der Waals surface area contributed by atoms with Crippen molar-refractivity contribution in [1.29, 1.82) is 5.26 Å². The summed E-state index contributed by atoms with van der Waals surface area (Å²) in [4.78, 5) is 35.1. The third-order valence-corrected chi connectivity index (χ3v) is 6.39. The van der Waals surface area contributed by atoms with Crippen LogP contribution in [0.5, 0.6) is 0 Å². The predicted molar refractivity (Wildman–Crippen MR) is 120 cm³/mol. The number of allylic oxidation sites excluding steroid dienone is 1. The minimum absolute atomic E-state index is 0.0689. The summed E-state index contributed by atoms with van der Waals surface area (Å²) in [5.74, 6) is -0.326. The van der Waals surface area contributed by atoms with Crippen molar-refractivity contribution in [2.45, 2.75) is 24.7 Å². The number of nitrogens with two attached hydrogens (primary N) is 1. The highest BCUT2D eigenvalue weighted by atomic mass is 16.2. The largest absolute Gasteiger partial charge is 0.384 e. The normalized spacial score (nSPS) is 22.2. The van der Waals surface area contributed by atoms with E-state index in [0.717, 1.165) is 0 Å². The van der Waals surface area contributed by atoms with Crippen LogP contribution in [-0.4, -0.2) is 23.2 Å². The van der Waals surface area contributed by atoms with Gasteiger partial charge in [-0.3, -0.25) is 19.5 Å². The summed E-state index contributed by atoms with van der Waals surface area (Å²) in [6, 6.07) is 13.1. The van der Waals surface area contributed by atoms with E-state index >= 15 is 0 Å². The smallest absolute Gasteiger partial charge is 0.248 e. The van der Waals surface area contributed by atoms with Gasteiger partial charge in [-0.25, -0.2) is 0 Å². The van der Waals surface area contributed by atoms with Crippen LogP contribution in [0.15, 0.2) is 84.1 Å². The van der Waals surface area contributed by atoms with Crippen molar-refractivity contribution in [3.8, 4) is 6.07 Å². The molecular weight excluding hydrogens is 402 g/mol. The summed E-state index contributed by atoms with van der Waals surface area (Å²) in [5.41, 5.74) is 8.08. The molecule has 0 saturated heterocycles. The Labute approximate surface area is 185 Å². The molecule has 158 valence electrons. The molecule has 0 bridgehead atoms. The average molecular weight is 423 g/mol. The van der Waals surface area contributed by atoms with E-state index < -0.39 is 5.41 Å². The van der Waals surface area contributed by atoms with Crippen LogP contribution in [0.3, 0.4) is 0 Å². The Morgan fingerprint density at radius 1 is 1.22 bits per heavy atom. The molecule has 7 heteroatoms. The molecule has 1 amide bonds. The fourth-order valence-electron chi connectivity index (χ4n) is 5.22. The molecule has 1 aromatic heterocycles. The molecule has 2 aromatic rings. The van der Waals surface area contributed by atoms with Gasteiger partial charge in [0.25, 0.3) is 0 Å². The molecule has 7 nitrogen and oxygen atoms in total. The van der Waals surface area contributed by atoms with Gasteiger partial charge in [0.15, 0.2) is 5.78 Å². The molecule has 3 aliphatic rings.